The Bertz CT molecular complexity index is 734. The highest BCUT2D eigenvalue weighted by atomic mass is 32.2. The van der Waals surface area contributed by atoms with E-state index in [2.05, 4.69) is 23.9 Å². The topological polar surface area (TPSA) is 93.7 Å². The summed E-state index contributed by atoms with van der Waals surface area (Å²) in [6, 6.07) is 4.61. The van der Waals surface area contributed by atoms with E-state index >= 15 is 0 Å². The van der Waals surface area contributed by atoms with E-state index in [1.165, 1.54) is 12.1 Å². The Morgan fingerprint density at radius 1 is 1.04 bits per heavy atom. The molecule has 158 valence electrons. The van der Waals surface area contributed by atoms with E-state index in [9.17, 15) is 13.2 Å². The molecule has 0 saturated carbocycles. The zero-order valence-corrected chi connectivity index (χ0v) is 17.6. The van der Waals surface area contributed by atoms with Crippen molar-refractivity contribution < 1.29 is 22.7 Å². The SMILES string of the molecule is CC(C)CCCNC(=O)CCCCCNS(=O)(=O)c1ccc2c(c1)OCCO2. The van der Waals surface area contributed by atoms with Gasteiger partial charge in [-0.25, -0.2) is 13.1 Å². The van der Waals surface area contributed by atoms with Crippen LogP contribution in [0.4, 0.5) is 0 Å². The number of ether oxygens (including phenoxy) is 2. The number of carbonyl (C=O) groups is 1. The van der Waals surface area contributed by atoms with Gasteiger partial charge >= 0.3 is 0 Å². The average Bonchev–Trinajstić information content (AvgIpc) is 2.67. The summed E-state index contributed by atoms with van der Waals surface area (Å²) in [6.07, 6.45) is 4.83. The molecule has 8 heteroatoms. The maximum absolute atomic E-state index is 12.4. The molecular weight excluding hydrogens is 380 g/mol. The van der Waals surface area contributed by atoms with Gasteiger partial charge in [-0.3, -0.25) is 4.79 Å². The largest absolute Gasteiger partial charge is 0.486 e. The first-order valence-corrected chi connectivity index (χ1v) is 11.5. The van der Waals surface area contributed by atoms with Gasteiger partial charge in [-0.2, -0.15) is 0 Å². The van der Waals surface area contributed by atoms with Gasteiger partial charge in [0.1, 0.15) is 13.2 Å². The zero-order chi connectivity index (χ0) is 20.4. The van der Waals surface area contributed by atoms with Crippen molar-refractivity contribution in [1.29, 1.82) is 0 Å². The Kier molecular flexibility index (Phi) is 9.05. The van der Waals surface area contributed by atoms with Crippen LogP contribution in [0.15, 0.2) is 23.1 Å². The molecule has 0 atom stereocenters. The lowest BCUT2D eigenvalue weighted by atomic mass is 10.1. The van der Waals surface area contributed by atoms with Gasteiger partial charge in [0.05, 0.1) is 4.90 Å². The number of nitrogens with one attached hydrogen (secondary N) is 2. The first kappa shape index (κ1) is 22.5. The first-order chi connectivity index (χ1) is 13.4. The molecule has 0 saturated heterocycles. The molecule has 1 aliphatic heterocycles. The molecule has 1 amide bonds. The molecule has 0 spiro atoms. The Morgan fingerprint density at radius 2 is 1.79 bits per heavy atom. The summed E-state index contributed by atoms with van der Waals surface area (Å²) in [6.45, 7) is 6.29. The summed E-state index contributed by atoms with van der Waals surface area (Å²) in [4.78, 5) is 11.9. The smallest absolute Gasteiger partial charge is 0.240 e. The van der Waals surface area contributed by atoms with Crippen molar-refractivity contribution in [2.45, 2.75) is 57.3 Å². The van der Waals surface area contributed by atoms with Gasteiger partial charge in [0.2, 0.25) is 15.9 Å². The predicted octanol–water partition coefficient (Wildman–Crippen LogP) is 2.85. The summed E-state index contributed by atoms with van der Waals surface area (Å²) in [5.41, 5.74) is 0. The van der Waals surface area contributed by atoms with Crippen LogP contribution in [-0.4, -0.2) is 40.6 Å². The number of carbonyl (C=O) groups excluding carboxylic acids is 1. The Labute approximate surface area is 168 Å². The van der Waals surface area contributed by atoms with Crippen LogP contribution >= 0.6 is 0 Å². The van der Waals surface area contributed by atoms with E-state index in [0.717, 1.165) is 32.2 Å². The van der Waals surface area contributed by atoms with E-state index in [1.807, 2.05) is 0 Å². The van der Waals surface area contributed by atoms with Crippen LogP contribution in [-0.2, 0) is 14.8 Å². The van der Waals surface area contributed by atoms with Gasteiger partial charge in [-0.05, 0) is 43.7 Å². The van der Waals surface area contributed by atoms with Crippen molar-refractivity contribution in [2.75, 3.05) is 26.3 Å². The fraction of sp³-hybridized carbons (Fsp3) is 0.650. The van der Waals surface area contributed by atoms with Crippen molar-refractivity contribution in [2.24, 2.45) is 5.92 Å². The van der Waals surface area contributed by atoms with E-state index in [1.54, 1.807) is 6.07 Å². The molecule has 0 radical (unpaired) electrons. The Balaban J connectivity index is 1.62. The average molecular weight is 413 g/mol. The minimum absolute atomic E-state index is 0.0700. The van der Waals surface area contributed by atoms with Crippen LogP contribution in [0.5, 0.6) is 11.5 Å². The van der Waals surface area contributed by atoms with Crippen LogP contribution in [0.3, 0.4) is 0 Å². The second kappa shape index (κ2) is 11.3. The molecule has 0 unspecified atom stereocenters. The van der Waals surface area contributed by atoms with E-state index in [-0.39, 0.29) is 10.8 Å². The molecule has 1 aromatic carbocycles. The molecule has 1 heterocycles. The number of amides is 1. The fourth-order valence-electron chi connectivity index (χ4n) is 2.89. The van der Waals surface area contributed by atoms with Crippen molar-refractivity contribution >= 4 is 15.9 Å². The third-order valence-electron chi connectivity index (χ3n) is 4.48. The fourth-order valence-corrected chi connectivity index (χ4v) is 3.98. The molecular formula is C20H32N2O5S. The molecule has 1 aliphatic rings. The molecule has 2 N–H and O–H groups in total. The summed E-state index contributed by atoms with van der Waals surface area (Å²) >= 11 is 0. The van der Waals surface area contributed by atoms with E-state index in [4.69, 9.17) is 9.47 Å². The summed E-state index contributed by atoms with van der Waals surface area (Å²) in [5, 5.41) is 2.93. The second-order valence-electron chi connectivity index (χ2n) is 7.40. The highest BCUT2D eigenvalue weighted by Gasteiger charge is 2.18. The van der Waals surface area contributed by atoms with Crippen LogP contribution in [0, 0.1) is 5.92 Å². The van der Waals surface area contributed by atoms with E-state index in [0.29, 0.717) is 50.0 Å². The van der Waals surface area contributed by atoms with Crippen molar-refractivity contribution in [3.8, 4) is 11.5 Å². The first-order valence-electron chi connectivity index (χ1n) is 10.0. The second-order valence-corrected chi connectivity index (χ2v) is 9.17. The van der Waals surface area contributed by atoms with E-state index < -0.39 is 10.0 Å². The highest BCUT2D eigenvalue weighted by Crippen LogP contribution is 2.32. The van der Waals surface area contributed by atoms with Gasteiger partial charge in [-0.15, -0.1) is 0 Å². The third kappa shape index (κ3) is 7.67. The number of unbranched alkanes of at least 4 members (excludes halogenated alkanes) is 2. The number of hydrogen-bond donors (Lipinski definition) is 2. The minimum atomic E-state index is -3.58. The summed E-state index contributed by atoms with van der Waals surface area (Å²) < 4.78 is 38.2. The molecule has 0 fully saturated rings. The number of rotatable bonds is 12. The van der Waals surface area contributed by atoms with Crippen LogP contribution < -0.4 is 19.5 Å². The van der Waals surface area contributed by atoms with Crippen LogP contribution in [0.25, 0.3) is 0 Å². The standard InChI is InChI=1S/C20H32N2O5S/c1-16(2)7-6-11-21-20(23)8-4-3-5-12-22-28(24,25)17-9-10-18-19(15-17)27-14-13-26-18/h9-10,15-16,22H,3-8,11-14H2,1-2H3,(H,21,23). The predicted molar refractivity (Wildman–Crippen MR) is 108 cm³/mol. The lowest BCUT2D eigenvalue weighted by molar-refractivity contribution is -0.121. The molecule has 0 bridgehead atoms. The van der Waals surface area contributed by atoms with Crippen LogP contribution in [0.2, 0.25) is 0 Å². The Hall–Kier alpha value is -1.80. The zero-order valence-electron chi connectivity index (χ0n) is 16.8. The molecule has 28 heavy (non-hydrogen) atoms. The Morgan fingerprint density at radius 3 is 2.54 bits per heavy atom. The van der Waals surface area contributed by atoms with Crippen LogP contribution in [0.1, 0.15) is 52.4 Å². The number of sulfonamides is 1. The van der Waals surface area contributed by atoms with Gasteiger partial charge in [0, 0.05) is 25.6 Å². The summed E-state index contributed by atoms with van der Waals surface area (Å²) in [5.74, 6) is 1.74. The van der Waals surface area contributed by atoms with Crippen molar-refractivity contribution in [3.05, 3.63) is 18.2 Å². The molecule has 2 rings (SSSR count). The lowest BCUT2D eigenvalue weighted by Gasteiger charge is -2.18. The monoisotopic (exact) mass is 412 g/mol. The quantitative estimate of drug-likeness (QED) is 0.515. The van der Waals surface area contributed by atoms with Gasteiger partial charge in [-0.1, -0.05) is 20.3 Å². The van der Waals surface area contributed by atoms with Gasteiger partial charge < -0.3 is 14.8 Å². The highest BCUT2D eigenvalue weighted by molar-refractivity contribution is 7.89. The molecule has 7 nitrogen and oxygen atoms in total. The summed E-state index contributed by atoms with van der Waals surface area (Å²) in [7, 11) is -3.58. The lowest BCUT2D eigenvalue weighted by Crippen LogP contribution is -2.26. The molecule has 0 aromatic heterocycles. The minimum Gasteiger partial charge on any atom is -0.486 e. The maximum Gasteiger partial charge on any atom is 0.240 e. The molecule has 0 aliphatic carbocycles. The number of benzene rings is 1. The van der Waals surface area contributed by atoms with Crippen molar-refractivity contribution in [1.82, 2.24) is 10.0 Å². The molecule has 1 aromatic rings. The maximum atomic E-state index is 12.4. The third-order valence-corrected chi connectivity index (χ3v) is 5.94. The normalized spacial score (nSPS) is 13.5. The number of fused-ring (bicyclic) bond motifs is 1. The number of hydrogen-bond acceptors (Lipinski definition) is 5. The van der Waals surface area contributed by atoms with Gasteiger partial charge in [0.15, 0.2) is 11.5 Å². The van der Waals surface area contributed by atoms with Crippen molar-refractivity contribution in [3.63, 3.8) is 0 Å². The van der Waals surface area contributed by atoms with Gasteiger partial charge in [0.25, 0.3) is 0 Å².